The summed E-state index contributed by atoms with van der Waals surface area (Å²) in [4.78, 5) is 12.3. The van der Waals surface area contributed by atoms with Gasteiger partial charge in [-0.1, -0.05) is 0 Å². The van der Waals surface area contributed by atoms with Gasteiger partial charge in [0.2, 0.25) is 0 Å². The zero-order chi connectivity index (χ0) is 12.4. The largest absolute Gasteiger partial charge is 0.497 e. The van der Waals surface area contributed by atoms with Crippen molar-refractivity contribution in [2.24, 2.45) is 0 Å². The minimum atomic E-state index is 0.0869. The van der Waals surface area contributed by atoms with Crippen LogP contribution in [-0.2, 0) is 0 Å². The Bertz CT molecular complexity index is 555. The lowest BCUT2D eigenvalue weighted by atomic mass is 9.99. The molecule has 0 bridgehead atoms. The van der Waals surface area contributed by atoms with Gasteiger partial charge in [-0.25, -0.2) is 0 Å². The highest BCUT2D eigenvalue weighted by molar-refractivity contribution is 7.08. The van der Waals surface area contributed by atoms with Crippen LogP contribution in [0, 0.1) is 13.8 Å². The Morgan fingerprint density at radius 2 is 1.88 bits per heavy atom. The van der Waals surface area contributed by atoms with E-state index in [0.29, 0.717) is 0 Å². The second-order valence-corrected chi connectivity index (χ2v) is 4.72. The van der Waals surface area contributed by atoms with E-state index in [2.05, 4.69) is 0 Å². The number of thiophene rings is 1. The van der Waals surface area contributed by atoms with Gasteiger partial charge in [0, 0.05) is 16.5 Å². The van der Waals surface area contributed by atoms with E-state index in [1.807, 2.05) is 42.8 Å². The van der Waals surface area contributed by atoms with Gasteiger partial charge in [0.1, 0.15) is 5.75 Å². The van der Waals surface area contributed by atoms with Crippen LogP contribution in [0.5, 0.6) is 5.75 Å². The highest BCUT2D eigenvalue weighted by Crippen LogP contribution is 2.22. The number of carbonyl (C=O) groups is 1. The van der Waals surface area contributed by atoms with E-state index < -0.39 is 0 Å². The number of ketones is 1. The summed E-state index contributed by atoms with van der Waals surface area (Å²) in [6.07, 6.45) is 0. The monoisotopic (exact) mass is 246 g/mol. The minimum absolute atomic E-state index is 0.0869. The number of methoxy groups -OCH3 is 1. The van der Waals surface area contributed by atoms with E-state index in [0.717, 1.165) is 28.0 Å². The van der Waals surface area contributed by atoms with Crippen LogP contribution in [0.15, 0.2) is 29.0 Å². The smallest absolute Gasteiger partial charge is 0.194 e. The number of ether oxygens (including phenoxy) is 1. The molecule has 3 heteroatoms. The van der Waals surface area contributed by atoms with Crippen molar-refractivity contribution in [3.05, 3.63) is 51.2 Å². The first-order valence-electron chi connectivity index (χ1n) is 5.35. The molecular weight excluding hydrogens is 232 g/mol. The molecule has 88 valence electrons. The Balaban J connectivity index is 2.41. The number of hydrogen-bond acceptors (Lipinski definition) is 3. The van der Waals surface area contributed by atoms with Crippen LogP contribution in [-0.4, -0.2) is 12.9 Å². The maximum absolute atomic E-state index is 12.3. The van der Waals surface area contributed by atoms with Crippen molar-refractivity contribution < 1.29 is 9.53 Å². The fourth-order valence-electron chi connectivity index (χ4n) is 1.76. The summed E-state index contributed by atoms with van der Waals surface area (Å²) in [5.41, 5.74) is 3.52. The van der Waals surface area contributed by atoms with E-state index in [9.17, 15) is 4.79 Å². The molecule has 2 aromatic rings. The van der Waals surface area contributed by atoms with Crippen molar-refractivity contribution in [1.82, 2.24) is 0 Å². The quantitative estimate of drug-likeness (QED) is 0.773. The molecule has 1 aromatic heterocycles. The molecule has 0 unspecified atom stereocenters. The van der Waals surface area contributed by atoms with Crippen molar-refractivity contribution >= 4 is 17.1 Å². The molecule has 0 amide bonds. The third-order valence-corrected chi connectivity index (χ3v) is 3.64. The molecule has 1 heterocycles. The van der Waals surface area contributed by atoms with Crippen LogP contribution >= 0.6 is 11.3 Å². The molecule has 0 fully saturated rings. The first-order chi connectivity index (χ1) is 8.13. The number of benzene rings is 1. The standard InChI is InChI=1S/C14H14O2S/c1-9-6-11(16-3)4-5-12(9)14(15)13-8-17-7-10(13)2/h4-8H,1-3H3. The van der Waals surface area contributed by atoms with Crippen LogP contribution in [0.4, 0.5) is 0 Å². The molecule has 1 aromatic carbocycles. The first-order valence-corrected chi connectivity index (χ1v) is 6.30. The number of hydrogen-bond donors (Lipinski definition) is 0. The third kappa shape index (κ3) is 2.24. The van der Waals surface area contributed by atoms with Crippen molar-refractivity contribution in [3.63, 3.8) is 0 Å². The van der Waals surface area contributed by atoms with E-state index in [4.69, 9.17) is 4.74 Å². The average molecular weight is 246 g/mol. The van der Waals surface area contributed by atoms with Crippen molar-refractivity contribution in [3.8, 4) is 5.75 Å². The number of rotatable bonds is 3. The van der Waals surface area contributed by atoms with Crippen LogP contribution in [0.25, 0.3) is 0 Å². The summed E-state index contributed by atoms with van der Waals surface area (Å²) in [6, 6.07) is 5.53. The second kappa shape index (κ2) is 4.72. The molecule has 0 saturated heterocycles. The predicted octanol–water partition coefficient (Wildman–Crippen LogP) is 3.60. The Kier molecular flexibility index (Phi) is 3.29. The van der Waals surface area contributed by atoms with Crippen molar-refractivity contribution in [1.29, 1.82) is 0 Å². The van der Waals surface area contributed by atoms with E-state index in [1.54, 1.807) is 18.4 Å². The summed E-state index contributed by atoms with van der Waals surface area (Å²) >= 11 is 1.56. The molecule has 0 atom stereocenters. The fourth-order valence-corrected chi connectivity index (χ4v) is 2.58. The first kappa shape index (κ1) is 11.9. The van der Waals surface area contributed by atoms with Crippen LogP contribution in [0.3, 0.4) is 0 Å². The van der Waals surface area contributed by atoms with Crippen molar-refractivity contribution in [2.45, 2.75) is 13.8 Å². The predicted molar refractivity (Wildman–Crippen MR) is 70.2 cm³/mol. The lowest BCUT2D eigenvalue weighted by Gasteiger charge is -2.07. The van der Waals surface area contributed by atoms with Crippen LogP contribution in [0.2, 0.25) is 0 Å². The normalized spacial score (nSPS) is 10.3. The maximum atomic E-state index is 12.3. The Morgan fingerprint density at radius 3 is 2.41 bits per heavy atom. The average Bonchev–Trinajstić information content (AvgIpc) is 2.74. The third-order valence-electron chi connectivity index (χ3n) is 2.78. The van der Waals surface area contributed by atoms with Gasteiger partial charge in [-0.2, -0.15) is 11.3 Å². The summed E-state index contributed by atoms with van der Waals surface area (Å²) < 4.78 is 5.13. The Hall–Kier alpha value is -1.61. The summed E-state index contributed by atoms with van der Waals surface area (Å²) in [6.45, 7) is 3.89. The molecule has 0 spiro atoms. The lowest BCUT2D eigenvalue weighted by molar-refractivity contribution is 0.103. The molecule has 0 aliphatic heterocycles. The van der Waals surface area contributed by atoms with Gasteiger partial charge >= 0.3 is 0 Å². The molecule has 0 aliphatic rings. The van der Waals surface area contributed by atoms with Gasteiger partial charge < -0.3 is 4.74 Å². The molecule has 0 saturated carbocycles. The van der Waals surface area contributed by atoms with Gasteiger partial charge in [0.05, 0.1) is 7.11 Å². The zero-order valence-corrected chi connectivity index (χ0v) is 10.9. The van der Waals surface area contributed by atoms with Crippen molar-refractivity contribution in [2.75, 3.05) is 7.11 Å². The van der Waals surface area contributed by atoms with Gasteiger partial charge in [-0.05, 0) is 48.6 Å². The van der Waals surface area contributed by atoms with Gasteiger partial charge in [-0.3, -0.25) is 4.79 Å². The minimum Gasteiger partial charge on any atom is -0.497 e. The number of aryl methyl sites for hydroxylation is 2. The van der Waals surface area contributed by atoms with E-state index >= 15 is 0 Å². The summed E-state index contributed by atoms with van der Waals surface area (Å²) in [5, 5.41) is 3.90. The van der Waals surface area contributed by atoms with Gasteiger partial charge in [-0.15, -0.1) is 0 Å². The highest BCUT2D eigenvalue weighted by Gasteiger charge is 2.14. The molecule has 17 heavy (non-hydrogen) atoms. The van der Waals surface area contributed by atoms with Crippen LogP contribution in [0.1, 0.15) is 27.0 Å². The molecule has 0 aliphatic carbocycles. The molecule has 0 radical (unpaired) electrons. The van der Waals surface area contributed by atoms with Crippen LogP contribution < -0.4 is 4.74 Å². The Morgan fingerprint density at radius 1 is 1.12 bits per heavy atom. The molecule has 2 rings (SSSR count). The van der Waals surface area contributed by atoms with E-state index in [-0.39, 0.29) is 5.78 Å². The fraction of sp³-hybridized carbons (Fsp3) is 0.214. The SMILES string of the molecule is COc1ccc(C(=O)c2cscc2C)c(C)c1. The van der Waals surface area contributed by atoms with Gasteiger partial charge in [0.15, 0.2) is 5.78 Å². The lowest BCUT2D eigenvalue weighted by Crippen LogP contribution is -2.04. The zero-order valence-electron chi connectivity index (χ0n) is 10.1. The van der Waals surface area contributed by atoms with Gasteiger partial charge in [0.25, 0.3) is 0 Å². The van der Waals surface area contributed by atoms with E-state index in [1.165, 1.54) is 0 Å². The summed E-state index contributed by atoms with van der Waals surface area (Å²) in [7, 11) is 1.62. The topological polar surface area (TPSA) is 26.3 Å². The molecule has 0 N–H and O–H groups in total. The Labute approximate surface area is 105 Å². The highest BCUT2D eigenvalue weighted by atomic mass is 32.1. The number of carbonyl (C=O) groups excluding carboxylic acids is 1. The molecular formula is C14H14O2S. The second-order valence-electron chi connectivity index (χ2n) is 3.98. The maximum Gasteiger partial charge on any atom is 0.194 e. The molecule has 2 nitrogen and oxygen atoms in total. The summed E-state index contributed by atoms with van der Waals surface area (Å²) in [5.74, 6) is 0.866.